The van der Waals surface area contributed by atoms with E-state index in [9.17, 15) is 41.0 Å². The first-order valence-corrected chi connectivity index (χ1v) is 9.57. The molecule has 0 aliphatic rings. The lowest BCUT2D eigenvalue weighted by Gasteiger charge is -2.17. The zero-order valence-corrected chi connectivity index (χ0v) is 18.0. The standard InChI is InChI=1S/C19H16F3N3O3.C2HF3O2/c1-3-25-9-13(18(27)28)17(26)12-7-11(6-10(2)16(12)25)24-15-8-23-5-4-14(15)19(20,21)22;3-2(4,5)1(6)7/h4-9,24H,3H2,1-2H3,(H,27,28);(H,6,7). The van der Waals surface area contributed by atoms with Crippen LogP contribution in [0.3, 0.4) is 0 Å². The number of anilines is 2. The molecular weight excluding hydrogens is 488 g/mol. The third kappa shape index (κ3) is 6.28. The molecule has 2 heterocycles. The number of carboxylic acid groups (broad SMARTS) is 2. The molecule has 0 amide bonds. The number of aliphatic carboxylic acids is 1. The van der Waals surface area contributed by atoms with Crippen molar-refractivity contribution in [3.05, 3.63) is 63.7 Å². The molecule has 35 heavy (non-hydrogen) atoms. The summed E-state index contributed by atoms with van der Waals surface area (Å²) in [6, 6.07) is 3.81. The van der Waals surface area contributed by atoms with Gasteiger partial charge in [-0.2, -0.15) is 26.3 Å². The van der Waals surface area contributed by atoms with Crippen molar-refractivity contribution >= 4 is 34.2 Å². The molecule has 0 atom stereocenters. The van der Waals surface area contributed by atoms with E-state index in [1.807, 2.05) is 0 Å². The summed E-state index contributed by atoms with van der Waals surface area (Å²) in [7, 11) is 0. The molecule has 0 unspecified atom stereocenters. The van der Waals surface area contributed by atoms with E-state index in [1.165, 1.54) is 12.3 Å². The number of carboxylic acids is 2. The van der Waals surface area contributed by atoms with Gasteiger partial charge in [-0.15, -0.1) is 0 Å². The first-order valence-electron chi connectivity index (χ1n) is 9.57. The number of hydrogen-bond acceptors (Lipinski definition) is 5. The number of alkyl halides is 6. The highest BCUT2D eigenvalue weighted by Gasteiger charge is 2.38. The maximum Gasteiger partial charge on any atom is 0.490 e. The van der Waals surface area contributed by atoms with Crippen LogP contribution >= 0.6 is 0 Å². The van der Waals surface area contributed by atoms with Gasteiger partial charge < -0.3 is 20.1 Å². The largest absolute Gasteiger partial charge is 0.490 e. The second-order valence-electron chi connectivity index (χ2n) is 7.00. The van der Waals surface area contributed by atoms with Crippen molar-refractivity contribution in [2.45, 2.75) is 32.7 Å². The van der Waals surface area contributed by atoms with Crippen LogP contribution in [0, 0.1) is 6.92 Å². The third-order valence-corrected chi connectivity index (χ3v) is 4.58. The van der Waals surface area contributed by atoms with Crippen LogP contribution in [0.2, 0.25) is 0 Å². The van der Waals surface area contributed by atoms with Crippen molar-refractivity contribution in [1.82, 2.24) is 9.55 Å². The van der Waals surface area contributed by atoms with Crippen molar-refractivity contribution < 1.29 is 46.1 Å². The molecule has 0 aliphatic heterocycles. The van der Waals surface area contributed by atoms with E-state index in [0.29, 0.717) is 17.6 Å². The molecule has 188 valence electrons. The average Bonchev–Trinajstić information content (AvgIpc) is 2.73. The number of pyridine rings is 2. The molecule has 1 aromatic carbocycles. The fourth-order valence-electron chi connectivity index (χ4n) is 3.13. The summed E-state index contributed by atoms with van der Waals surface area (Å²) >= 11 is 0. The van der Waals surface area contributed by atoms with Crippen molar-refractivity contribution in [1.29, 1.82) is 0 Å². The fraction of sp³-hybridized carbons (Fsp3) is 0.238. The minimum atomic E-state index is -5.08. The van der Waals surface area contributed by atoms with Crippen LogP contribution < -0.4 is 10.7 Å². The molecular formula is C21H17F6N3O5. The Labute approximate surface area is 192 Å². The Bertz CT molecular complexity index is 1330. The van der Waals surface area contributed by atoms with Crippen LogP contribution in [-0.4, -0.2) is 37.9 Å². The van der Waals surface area contributed by atoms with Gasteiger partial charge >= 0.3 is 24.3 Å². The Morgan fingerprint density at radius 1 is 1.11 bits per heavy atom. The van der Waals surface area contributed by atoms with Gasteiger partial charge in [0.15, 0.2) is 0 Å². The van der Waals surface area contributed by atoms with E-state index in [1.54, 1.807) is 24.5 Å². The Balaban J connectivity index is 0.000000540. The zero-order chi connectivity index (χ0) is 26.7. The van der Waals surface area contributed by atoms with Gasteiger partial charge in [0.2, 0.25) is 5.43 Å². The molecule has 0 fully saturated rings. The highest BCUT2D eigenvalue weighted by atomic mass is 19.4. The zero-order valence-electron chi connectivity index (χ0n) is 18.0. The molecule has 3 aromatic rings. The quantitative estimate of drug-likeness (QED) is 0.435. The Morgan fingerprint density at radius 2 is 1.71 bits per heavy atom. The number of halogens is 6. The van der Waals surface area contributed by atoms with Crippen LogP contribution in [0.4, 0.5) is 37.7 Å². The van der Waals surface area contributed by atoms with Crippen molar-refractivity contribution in [3.8, 4) is 0 Å². The lowest BCUT2D eigenvalue weighted by atomic mass is 10.1. The summed E-state index contributed by atoms with van der Waals surface area (Å²) in [6.07, 6.45) is -6.31. The number of hydrogen-bond donors (Lipinski definition) is 3. The second kappa shape index (κ2) is 10.0. The average molecular weight is 505 g/mol. The van der Waals surface area contributed by atoms with E-state index in [2.05, 4.69) is 10.3 Å². The van der Waals surface area contributed by atoms with E-state index < -0.39 is 40.8 Å². The molecule has 0 radical (unpaired) electrons. The summed E-state index contributed by atoms with van der Waals surface area (Å²) in [4.78, 5) is 36.6. The Morgan fingerprint density at radius 3 is 2.20 bits per heavy atom. The van der Waals surface area contributed by atoms with E-state index in [-0.39, 0.29) is 16.8 Å². The minimum absolute atomic E-state index is 0.113. The normalized spacial score (nSPS) is 11.5. The first-order chi connectivity index (χ1) is 16.1. The first kappa shape index (κ1) is 27.1. The summed E-state index contributed by atoms with van der Waals surface area (Å²) in [5.74, 6) is -4.12. The molecule has 2 aromatic heterocycles. The van der Waals surface area contributed by atoms with Gasteiger partial charge in [-0.3, -0.25) is 9.78 Å². The lowest BCUT2D eigenvalue weighted by Crippen LogP contribution is -2.21. The summed E-state index contributed by atoms with van der Waals surface area (Å²) in [6.45, 7) is 3.92. The highest BCUT2D eigenvalue weighted by molar-refractivity contribution is 5.95. The predicted octanol–water partition coefficient (Wildman–Crippen LogP) is 4.82. The van der Waals surface area contributed by atoms with Crippen molar-refractivity contribution in [2.75, 3.05) is 5.32 Å². The summed E-state index contributed by atoms with van der Waals surface area (Å²) < 4.78 is 73.0. The van der Waals surface area contributed by atoms with Gasteiger partial charge in [0.1, 0.15) is 5.56 Å². The van der Waals surface area contributed by atoms with Gasteiger partial charge in [-0.05, 0) is 37.6 Å². The van der Waals surface area contributed by atoms with E-state index >= 15 is 0 Å². The van der Waals surface area contributed by atoms with E-state index in [0.717, 1.165) is 18.5 Å². The van der Waals surface area contributed by atoms with E-state index in [4.69, 9.17) is 9.90 Å². The Hall–Kier alpha value is -4.10. The van der Waals surface area contributed by atoms with Crippen molar-refractivity contribution in [2.24, 2.45) is 0 Å². The van der Waals surface area contributed by atoms with Gasteiger partial charge in [0.05, 0.1) is 23.0 Å². The number of carbonyl (C=O) groups is 2. The molecule has 8 nitrogen and oxygen atoms in total. The number of nitrogens with one attached hydrogen (secondary N) is 1. The molecule has 14 heteroatoms. The number of aromatic nitrogens is 2. The molecule has 0 spiro atoms. The fourth-order valence-corrected chi connectivity index (χ4v) is 3.13. The van der Waals surface area contributed by atoms with Gasteiger partial charge in [-0.25, -0.2) is 9.59 Å². The highest BCUT2D eigenvalue weighted by Crippen LogP contribution is 2.36. The van der Waals surface area contributed by atoms with Crippen LogP contribution in [0.5, 0.6) is 0 Å². The molecule has 3 N–H and O–H groups in total. The lowest BCUT2D eigenvalue weighted by molar-refractivity contribution is -0.192. The molecule has 0 aliphatic carbocycles. The number of aryl methyl sites for hydroxylation is 2. The van der Waals surface area contributed by atoms with Crippen LogP contribution in [0.25, 0.3) is 10.9 Å². The van der Waals surface area contributed by atoms with Crippen molar-refractivity contribution in [3.63, 3.8) is 0 Å². The molecule has 0 saturated carbocycles. The van der Waals surface area contributed by atoms with Crippen LogP contribution in [-0.2, 0) is 17.5 Å². The number of aromatic carboxylic acids is 1. The topological polar surface area (TPSA) is 122 Å². The SMILES string of the molecule is CCn1cc(C(=O)O)c(=O)c2cc(Nc3cnccc3C(F)(F)F)cc(C)c21.O=C(O)C(F)(F)F. The number of fused-ring (bicyclic) bond motifs is 1. The second-order valence-corrected chi connectivity index (χ2v) is 7.00. The maximum atomic E-state index is 13.2. The van der Waals surface area contributed by atoms with Crippen LogP contribution in [0.15, 0.2) is 41.6 Å². The van der Waals surface area contributed by atoms with Crippen LogP contribution in [0.1, 0.15) is 28.4 Å². The molecule has 0 saturated heterocycles. The minimum Gasteiger partial charge on any atom is -0.477 e. The number of nitrogens with zero attached hydrogens (tertiary/aromatic N) is 2. The predicted molar refractivity (Wildman–Crippen MR) is 112 cm³/mol. The summed E-state index contributed by atoms with van der Waals surface area (Å²) in [5.41, 5.74) is -0.877. The van der Waals surface area contributed by atoms with Gasteiger partial charge in [0.25, 0.3) is 0 Å². The summed E-state index contributed by atoms with van der Waals surface area (Å²) in [5, 5.41) is 19.2. The third-order valence-electron chi connectivity index (χ3n) is 4.58. The number of benzene rings is 1. The van der Waals surface area contributed by atoms with Gasteiger partial charge in [0, 0.05) is 30.0 Å². The Kier molecular flexibility index (Phi) is 7.78. The maximum absolute atomic E-state index is 13.2. The van der Waals surface area contributed by atoms with Gasteiger partial charge in [-0.1, -0.05) is 0 Å². The molecule has 3 rings (SSSR count). The number of rotatable bonds is 4. The molecule has 0 bridgehead atoms. The smallest absolute Gasteiger partial charge is 0.477 e. The monoisotopic (exact) mass is 505 g/mol.